The van der Waals surface area contributed by atoms with Gasteiger partial charge in [-0.05, 0) is 37.3 Å². The van der Waals surface area contributed by atoms with Crippen LogP contribution in [0.1, 0.15) is 21.5 Å². The molecule has 0 atom stereocenters. The van der Waals surface area contributed by atoms with Gasteiger partial charge in [-0.25, -0.2) is 18.6 Å². The number of pyridine rings is 1. The molecule has 0 unspecified atom stereocenters. The molecule has 1 aromatic heterocycles. The molecule has 6 nitrogen and oxygen atoms in total. The molecular weight excluding hydrogens is 473 g/mol. The first-order chi connectivity index (χ1) is 15.5. The zero-order valence-corrected chi connectivity index (χ0v) is 17.3. The first-order valence-electron chi connectivity index (χ1n) is 9.04. The molecule has 0 radical (unpaired) electrons. The number of carbonyl (C=O) groups excluding carboxylic acids is 2. The fourth-order valence-corrected chi connectivity index (χ4v) is 2.72. The van der Waals surface area contributed by atoms with E-state index in [1.165, 1.54) is 12.1 Å². The van der Waals surface area contributed by atoms with Crippen LogP contribution in [-0.4, -0.2) is 22.0 Å². The SMILES string of the molecule is Cc1ccc(NC(=O)N(Oc2ncc(C(F)(F)F)cc2Cl)C(=O)c2c(F)cccc2F)cc1. The van der Waals surface area contributed by atoms with Crippen LogP contribution in [0.3, 0.4) is 0 Å². The van der Waals surface area contributed by atoms with Crippen LogP contribution in [0.4, 0.5) is 32.4 Å². The van der Waals surface area contributed by atoms with E-state index in [9.17, 15) is 31.5 Å². The second-order valence-corrected chi connectivity index (χ2v) is 7.00. The molecule has 0 aliphatic carbocycles. The summed E-state index contributed by atoms with van der Waals surface area (Å²) < 4.78 is 66.9. The molecule has 1 N–H and O–H groups in total. The van der Waals surface area contributed by atoms with Gasteiger partial charge in [0.15, 0.2) is 0 Å². The Kier molecular flexibility index (Phi) is 6.82. The molecule has 0 aliphatic heterocycles. The van der Waals surface area contributed by atoms with Gasteiger partial charge in [-0.3, -0.25) is 4.79 Å². The first kappa shape index (κ1) is 23.9. The second kappa shape index (κ2) is 9.41. The first-order valence-corrected chi connectivity index (χ1v) is 9.42. The lowest BCUT2D eigenvalue weighted by atomic mass is 10.2. The predicted octanol–water partition coefficient (Wildman–Crippen LogP) is 6.01. The number of carbonyl (C=O) groups is 2. The average molecular weight is 486 g/mol. The molecular formula is C21H13ClF5N3O3. The fourth-order valence-electron chi connectivity index (χ4n) is 2.52. The van der Waals surface area contributed by atoms with E-state index in [-0.39, 0.29) is 10.8 Å². The maximum absolute atomic E-state index is 14.2. The summed E-state index contributed by atoms with van der Waals surface area (Å²) in [6.07, 6.45) is -4.42. The minimum absolute atomic E-state index is 0.0944. The van der Waals surface area contributed by atoms with Crippen LogP contribution in [0, 0.1) is 18.6 Å². The van der Waals surface area contributed by atoms with E-state index in [1.54, 1.807) is 19.1 Å². The number of nitrogens with one attached hydrogen (secondary N) is 1. The molecule has 0 fully saturated rings. The van der Waals surface area contributed by atoms with Crippen LogP contribution >= 0.6 is 11.6 Å². The molecule has 3 amide bonds. The van der Waals surface area contributed by atoms with Crippen molar-refractivity contribution in [1.29, 1.82) is 0 Å². The highest BCUT2D eigenvalue weighted by Gasteiger charge is 2.34. The fraction of sp³-hybridized carbons (Fsp3) is 0.0952. The Morgan fingerprint density at radius 1 is 1.06 bits per heavy atom. The maximum Gasteiger partial charge on any atom is 0.417 e. The standard InChI is InChI=1S/C21H13ClF5N3O3/c1-11-5-7-13(8-6-11)29-20(32)30(19(31)17-15(23)3-2-4-16(17)24)33-18-14(22)9-12(10-28-18)21(25,26)27/h2-10H,1H3,(H,29,32). The van der Waals surface area contributed by atoms with Crippen molar-refractivity contribution < 1.29 is 36.4 Å². The van der Waals surface area contributed by atoms with Crippen molar-refractivity contribution in [1.82, 2.24) is 10.0 Å². The number of urea groups is 1. The molecule has 33 heavy (non-hydrogen) atoms. The highest BCUT2D eigenvalue weighted by molar-refractivity contribution is 6.31. The lowest BCUT2D eigenvalue weighted by molar-refractivity contribution is -0.137. The van der Waals surface area contributed by atoms with Gasteiger partial charge in [-0.1, -0.05) is 40.4 Å². The van der Waals surface area contributed by atoms with E-state index in [1.807, 2.05) is 0 Å². The number of nitrogens with zero attached hydrogens (tertiary/aromatic N) is 2. The number of aryl methyl sites for hydroxylation is 1. The zero-order valence-electron chi connectivity index (χ0n) is 16.6. The van der Waals surface area contributed by atoms with Gasteiger partial charge in [0.2, 0.25) is 0 Å². The summed E-state index contributed by atoms with van der Waals surface area (Å²) in [5.74, 6) is -4.98. The number of hydroxylamine groups is 2. The normalized spacial score (nSPS) is 11.1. The van der Waals surface area contributed by atoms with Gasteiger partial charge in [0.25, 0.3) is 5.88 Å². The Hall–Kier alpha value is -3.73. The molecule has 12 heteroatoms. The number of amides is 3. The number of alkyl halides is 3. The third-order valence-electron chi connectivity index (χ3n) is 4.16. The van der Waals surface area contributed by atoms with Crippen molar-refractivity contribution >= 4 is 29.2 Å². The van der Waals surface area contributed by atoms with Gasteiger partial charge >= 0.3 is 18.1 Å². The Balaban J connectivity index is 1.99. The van der Waals surface area contributed by atoms with E-state index in [2.05, 4.69) is 10.3 Å². The number of hydrogen-bond acceptors (Lipinski definition) is 4. The Labute approximate surface area is 188 Å². The number of halogens is 6. The monoisotopic (exact) mass is 485 g/mol. The van der Waals surface area contributed by atoms with Crippen LogP contribution in [0.5, 0.6) is 5.88 Å². The van der Waals surface area contributed by atoms with Gasteiger partial charge < -0.3 is 10.2 Å². The van der Waals surface area contributed by atoms with Crippen molar-refractivity contribution in [3.63, 3.8) is 0 Å². The molecule has 0 saturated carbocycles. The lowest BCUT2D eigenvalue weighted by Crippen LogP contribution is -2.43. The smallest absolute Gasteiger partial charge is 0.345 e. The van der Waals surface area contributed by atoms with Crippen molar-refractivity contribution in [3.05, 3.63) is 88.1 Å². The van der Waals surface area contributed by atoms with Gasteiger partial charge in [-0.2, -0.15) is 13.2 Å². The number of anilines is 1. The van der Waals surface area contributed by atoms with E-state index < -0.39 is 51.8 Å². The average Bonchev–Trinajstić information content (AvgIpc) is 2.73. The van der Waals surface area contributed by atoms with Crippen molar-refractivity contribution in [2.45, 2.75) is 13.1 Å². The highest BCUT2D eigenvalue weighted by atomic mass is 35.5. The van der Waals surface area contributed by atoms with Gasteiger partial charge in [0.05, 0.1) is 5.56 Å². The summed E-state index contributed by atoms with van der Waals surface area (Å²) in [5, 5.41) is 1.48. The van der Waals surface area contributed by atoms with Crippen molar-refractivity contribution in [2.24, 2.45) is 0 Å². The van der Waals surface area contributed by atoms with E-state index in [4.69, 9.17) is 16.4 Å². The Morgan fingerprint density at radius 2 is 1.67 bits per heavy atom. The minimum Gasteiger partial charge on any atom is -0.345 e. The third-order valence-corrected chi connectivity index (χ3v) is 4.43. The maximum atomic E-state index is 14.2. The summed E-state index contributed by atoms with van der Waals surface area (Å²) in [7, 11) is 0. The predicted molar refractivity (Wildman–Crippen MR) is 108 cm³/mol. The third kappa shape index (κ3) is 5.55. The van der Waals surface area contributed by atoms with E-state index >= 15 is 0 Å². The molecule has 0 aliphatic rings. The van der Waals surface area contributed by atoms with Crippen molar-refractivity contribution in [3.8, 4) is 5.88 Å². The molecule has 3 rings (SSSR count). The molecule has 2 aromatic carbocycles. The van der Waals surface area contributed by atoms with Crippen LogP contribution in [-0.2, 0) is 6.18 Å². The van der Waals surface area contributed by atoms with Gasteiger partial charge in [0.1, 0.15) is 22.2 Å². The number of rotatable bonds is 4. The number of hydrogen-bond donors (Lipinski definition) is 1. The summed E-state index contributed by atoms with van der Waals surface area (Å²) >= 11 is 5.77. The zero-order chi connectivity index (χ0) is 24.3. The topological polar surface area (TPSA) is 71.5 Å². The van der Waals surface area contributed by atoms with Crippen molar-refractivity contribution in [2.75, 3.05) is 5.32 Å². The molecule has 0 spiro atoms. The summed E-state index contributed by atoms with van der Waals surface area (Å²) in [6.45, 7) is 1.78. The Morgan fingerprint density at radius 3 is 2.21 bits per heavy atom. The molecule has 0 bridgehead atoms. The molecule has 3 aromatic rings. The number of imide groups is 1. The van der Waals surface area contributed by atoms with E-state index in [0.717, 1.165) is 23.8 Å². The largest absolute Gasteiger partial charge is 0.417 e. The van der Waals surface area contributed by atoms with Crippen LogP contribution in [0.25, 0.3) is 0 Å². The van der Waals surface area contributed by atoms with E-state index in [0.29, 0.717) is 12.3 Å². The van der Waals surface area contributed by atoms with Gasteiger partial charge in [-0.15, -0.1) is 0 Å². The number of benzene rings is 2. The highest BCUT2D eigenvalue weighted by Crippen LogP contribution is 2.33. The van der Waals surface area contributed by atoms with Crippen LogP contribution in [0.2, 0.25) is 5.02 Å². The molecule has 172 valence electrons. The minimum atomic E-state index is -4.77. The second-order valence-electron chi connectivity index (χ2n) is 6.59. The molecule has 1 heterocycles. The van der Waals surface area contributed by atoms with Crippen LogP contribution < -0.4 is 10.2 Å². The van der Waals surface area contributed by atoms with Crippen LogP contribution in [0.15, 0.2) is 54.7 Å². The Bertz CT molecular complexity index is 1180. The molecule has 0 saturated heterocycles. The quantitative estimate of drug-likeness (QED) is 0.363. The number of aromatic nitrogens is 1. The lowest BCUT2D eigenvalue weighted by Gasteiger charge is -2.21. The summed E-state index contributed by atoms with van der Waals surface area (Å²) in [6, 6.07) is 7.89. The summed E-state index contributed by atoms with van der Waals surface area (Å²) in [4.78, 5) is 34.0. The van der Waals surface area contributed by atoms with Gasteiger partial charge in [0, 0.05) is 11.9 Å². The summed E-state index contributed by atoms with van der Waals surface area (Å²) in [5.41, 5.74) is -1.32.